The van der Waals surface area contributed by atoms with E-state index in [1.807, 2.05) is 0 Å². The number of aromatic carboxylic acids is 1. The number of nitrogens with one attached hydrogen (secondary N) is 1. The van der Waals surface area contributed by atoms with Gasteiger partial charge in [0, 0.05) is 23.9 Å². The molecule has 114 valence electrons. The van der Waals surface area contributed by atoms with Crippen LogP contribution < -0.4 is 5.32 Å². The van der Waals surface area contributed by atoms with Crippen LogP contribution in [0.2, 0.25) is 0 Å². The molecule has 0 radical (unpaired) electrons. The number of nitro groups is 1. The number of nitrogens with zero attached hydrogens (tertiary/aromatic N) is 1. The van der Waals surface area contributed by atoms with Gasteiger partial charge in [0.15, 0.2) is 0 Å². The van der Waals surface area contributed by atoms with Gasteiger partial charge in [0.2, 0.25) is 0 Å². The summed E-state index contributed by atoms with van der Waals surface area (Å²) in [5.41, 5.74) is 0.484. The first kappa shape index (κ1) is 16.6. The minimum atomic E-state index is -1.21. The van der Waals surface area contributed by atoms with Crippen LogP contribution in [-0.4, -0.2) is 35.8 Å². The van der Waals surface area contributed by atoms with Crippen molar-refractivity contribution in [3.8, 4) is 0 Å². The Morgan fingerprint density at radius 1 is 1.52 bits per heavy atom. The maximum atomic E-state index is 11.0. The van der Waals surface area contributed by atoms with Crippen molar-refractivity contribution in [1.29, 1.82) is 0 Å². The molecular weight excluding hydrogens is 276 g/mol. The van der Waals surface area contributed by atoms with Crippen molar-refractivity contribution in [2.24, 2.45) is 0 Å². The number of hydrogen-bond donors (Lipinski definition) is 2. The first-order valence-corrected chi connectivity index (χ1v) is 6.42. The van der Waals surface area contributed by atoms with Gasteiger partial charge in [0.05, 0.1) is 23.7 Å². The van der Waals surface area contributed by atoms with Crippen LogP contribution in [0.25, 0.3) is 0 Å². The zero-order valence-corrected chi connectivity index (χ0v) is 11.8. The fourth-order valence-corrected chi connectivity index (χ4v) is 1.72. The van der Waals surface area contributed by atoms with Crippen LogP contribution in [0.1, 0.15) is 22.3 Å². The van der Waals surface area contributed by atoms with Crippen molar-refractivity contribution >= 4 is 17.3 Å². The van der Waals surface area contributed by atoms with E-state index in [9.17, 15) is 14.9 Å². The first-order chi connectivity index (χ1) is 9.97. The fourth-order valence-electron chi connectivity index (χ4n) is 1.72. The summed E-state index contributed by atoms with van der Waals surface area (Å²) in [7, 11) is 0. The van der Waals surface area contributed by atoms with Gasteiger partial charge in [-0.2, -0.15) is 0 Å². The highest BCUT2D eigenvalue weighted by Gasteiger charge is 2.18. The summed E-state index contributed by atoms with van der Waals surface area (Å²) < 4.78 is 5.31. The third-order valence-corrected chi connectivity index (χ3v) is 2.85. The Hall–Kier alpha value is -2.41. The lowest BCUT2D eigenvalue weighted by Crippen LogP contribution is -2.12. The van der Waals surface area contributed by atoms with Crippen molar-refractivity contribution in [2.45, 2.75) is 13.3 Å². The van der Waals surface area contributed by atoms with Crippen molar-refractivity contribution in [2.75, 3.05) is 25.1 Å². The second-order valence-corrected chi connectivity index (χ2v) is 4.35. The number of anilines is 1. The Bertz CT molecular complexity index is 542. The Balaban J connectivity index is 2.78. The Kier molecular flexibility index (Phi) is 6.35. The Morgan fingerprint density at radius 2 is 2.24 bits per heavy atom. The quantitative estimate of drug-likeness (QED) is 0.314. The van der Waals surface area contributed by atoms with Gasteiger partial charge in [-0.15, -0.1) is 6.58 Å². The highest BCUT2D eigenvalue weighted by Crippen LogP contribution is 2.27. The molecule has 0 spiro atoms. The van der Waals surface area contributed by atoms with Gasteiger partial charge in [0.25, 0.3) is 5.69 Å². The lowest BCUT2D eigenvalue weighted by atomic mass is 10.1. The summed E-state index contributed by atoms with van der Waals surface area (Å²) in [5, 5.41) is 22.9. The second kappa shape index (κ2) is 8.01. The van der Waals surface area contributed by atoms with Crippen LogP contribution in [0.15, 0.2) is 24.8 Å². The van der Waals surface area contributed by atoms with Crippen LogP contribution in [-0.2, 0) is 4.74 Å². The number of hydrogen-bond acceptors (Lipinski definition) is 5. The number of carbonyl (C=O) groups is 1. The van der Waals surface area contributed by atoms with Crippen molar-refractivity contribution in [3.05, 3.63) is 46.0 Å². The van der Waals surface area contributed by atoms with Crippen LogP contribution in [0, 0.1) is 17.0 Å². The standard InChI is InChI=1S/C14H18N2O5/c1-3-4-6-21-7-5-15-12-8-11(14(17)18)9-13(10(12)2)16(19)20/h3,8-9,15H,1,4-7H2,2H3,(H,17,18). The van der Waals surface area contributed by atoms with E-state index < -0.39 is 10.9 Å². The second-order valence-electron chi connectivity index (χ2n) is 4.35. The Labute approximate surface area is 122 Å². The topological polar surface area (TPSA) is 102 Å². The van der Waals surface area contributed by atoms with E-state index in [4.69, 9.17) is 9.84 Å². The van der Waals surface area contributed by atoms with Gasteiger partial charge in [-0.3, -0.25) is 10.1 Å². The fraction of sp³-hybridized carbons (Fsp3) is 0.357. The number of ether oxygens (including phenoxy) is 1. The lowest BCUT2D eigenvalue weighted by Gasteiger charge is -2.11. The van der Waals surface area contributed by atoms with E-state index in [0.29, 0.717) is 31.0 Å². The molecule has 7 heteroatoms. The Morgan fingerprint density at radius 3 is 2.81 bits per heavy atom. The molecule has 1 aromatic rings. The van der Waals surface area contributed by atoms with Crippen LogP contribution in [0.5, 0.6) is 0 Å². The maximum Gasteiger partial charge on any atom is 0.336 e. The molecule has 0 saturated heterocycles. The summed E-state index contributed by atoms with van der Waals surface area (Å²) in [5.74, 6) is -1.21. The third kappa shape index (κ3) is 4.88. The van der Waals surface area contributed by atoms with Crippen LogP contribution in [0.4, 0.5) is 11.4 Å². The minimum Gasteiger partial charge on any atom is -0.478 e. The van der Waals surface area contributed by atoms with Gasteiger partial charge >= 0.3 is 5.97 Å². The summed E-state index contributed by atoms with van der Waals surface area (Å²) >= 11 is 0. The van der Waals surface area contributed by atoms with Gasteiger partial charge < -0.3 is 15.2 Å². The summed E-state index contributed by atoms with van der Waals surface area (Å²) in [6.07, 6.45) is 2.50. The number of carboxylic acid groups (broad SMARTS) is 1. The molecular formula is C14H18N2O5. The summed E-state index contributed by atoms with van der Waals surface area (Å²) in [6, 6.07) is 2.44. The molecule has 0 fully saturated rings. The van der Waals surface area contributed by atoms with E-state index in [1.54, 1.807) is 13.0 Å². The van der Waals surface area contributed by atoms with E-state index in [0.717, 1.165) is 12.5 Å². The van der Waals surface area contributed by atoms with Gasteiger partial charge in [-0.1, -0.05) is 6.08 Å². The SMILES string of the molecule is C=CCCOCCNc1cc(C(=O)O)cc([N+](=O)[O-])c1C. The molecule has 0 amide bonds. The highest BCUT2D eigenvalue weighted by molar-refractivity contribution is 5.90. The molecule has 0 atom stereocenters. The van der Waals surface area contributed by atoms with Gasteiger partial charge in [-0.25, -0.2) is 4.79 Å². The highest BCUT2D eigenvalue weighted by atomic mass is 16.6. The average molecular weight is 294 g/mol. The zero-order valence-electron chi connectivity index (χ0n) is 11.8. The van der Waals surface area contributed by atoms with Crippen molar-refractivity contribution < 1.29 is 19.6 Å². The first-order valence-electron chi connectivity index (χ1n) is 6.42. The van der Waals surface area contributed by atoms with E-state index in [1.165, 1.54) is 6.07 Å². The van der Waals surface area contributed by atoms with Crippen LogP contribution >= 0.6 is 0 Å². The molecule has 0 aliphatic rings. The van der Waals surface area contributed by atoms with Crippen LogP contribution in [0.3, 0.4) is 0 Å². The number of rotatable bonds is 9. The molecule has 0 aromatic heterocycles. The largest absolute Gasteiger partial charge is 0.478 e. The average Bonchev–Trinajstić information content (AvgIpc) is 2.43. The van der Waals surface area contributed by atoms with E-state index in [2.05, 4.69) is 11.9 Å². The van der Waals surface area contributed by atoms with E-state index >= 15 is 0 Å². The predicted octanol–water partition coefficient (Wildman–Crippen LogP) is 2.61. The monoisotopic (exact) mass is 294 g/mol. The van der Waals surface area contributed by atoms with Gasteiger partial charge in [-0.05, 0) is 19.4 Å². The number of benzene rings is 1. The predicted molar refractivity (Wildman–Crippen MR) is 78.9 cm³/mol. The number of carboxylic acids is 1. The minimum absolute atomic E-state index is 0.123. The van der Waals surface area contributed by atoms with E-state index in [-0.39, 0.29) is 11.3 Å². The summed E-state index contributed by atoms with van der Waals surface area (Å²) in [6.45, 7) is 6.55. The number of nitro benzene ring substituents is 1. The molecule has 0 unspecified atom stereocenters. The molecule has 0 aliphatic heterocycles. The summed E-state index contributed by atoms with van der Waals surface area (Å²) in [4.78, 5) is 21.4. The zero-order chi connectivity index (χ0) is 15.8. The molecule has 0 heterocycles. The molecule has 7 nitrogen and oxygen atoms in total. The maximum absolute atomic E-state index is 11.0. The van der Waals surface area contributed by atoms with Gasteiger partial charge in [0.1, 0.15) is 0 Å². The third-order valence-electron chi connectivity index (χ3n) is 2.85. The molecule has 0 saturated carbocycles. The molecule has 21 heavy (non-hydrogen) atoms. The molecule has 1 aromatic carbocycles. The lowest BCUT2D eigenvalue weighted by molar-refractivity contribution is -0.385. The van der Waals surface area contributed by atoms with Crippen molar-refractivity contribution in [1.82, 2.24) is 0 Å². The van der Waals surface area contributed by atoms with Crippen molar-refractivity contribution in [3.63, 3.8) is 0 Å². The molecule has 0 aliphatic carbocycles. The smallest absolute Gasteiger partial charge is 0.336 e. The molecule has 1 rings (SSSR count). The normalized spacial score (nSPS) is 10.1. The molecule has 0 bridgehead atoms. The molecule has 2 N–H and O–H groups in total.